The van der Waals surface area contributed by atoms with Crippen molar-refractivity contribution < 1.29 is 5.11 Å². The minimum atomic E-state index is 0.140. The number of pyridine rings is 1. The van der Waals surface area contributed by atoms with Gasteiger partial charge in [0.2, 0.25) is 0 Å². The van der Waals surface area contributed by atoms with Crippen molar-refractivity contribution in [2.75, 3.05) is 0 Å². The summed E-state index contributed by atoms with van der Waals surface area (Å²) in [6.07, 6.45) is 5.34. The van der Waals surface area contributed by atoms with Crippen LogP contribution in [0.15, 0.2) is 36.7 Å². The van der Waals surface area contributed by atoms with Crippen LogP contribution in [0.25, 0.3) is 22.4 Å². The van der Waals surface area contributed by atoms with Crippen LogP contribution in [0, 0.1) is 0 Å². The first-order chi connectivity index (χ1) is 9.75. The van der Waals surface area contributed by atoms with Crippen LogP contribution in [0.4, 0.5) is 0 Å². The summed E-state index contributed by atoms with van der Waals surface area (Å²) >= 11 is 6.34. The summed E-state index contributed by atoms with van der Waals surface area (Å²) in [5, 5.41) is 10.7. The van der Waals surface area contributed by atoms with Gasteiger partial charge < -0.3 is 9.67 Å². The predicted octanol–water partition coefficient (Wildman–Crippen LogP) is 3.79. The van der Waals surface area contributed by atoms with E-state index in [0.717, 1.165) is 29.7 Å². The maximum atomic E-state index is 10.0. The number of aromatic hydroxyl groups is 1. The molecule has 2 aromatic heterocycles. The Morgan fingerprint density at radius 1 is 1.25 bits per heavy atom. The van der Waals surface area contributed by atoms with E-state index in [1.165, 1.54) is 6.20 Å². The molecule has 100 valence electrons. The smallest absolute Gasteiger partial charge is 0.145 e. The summed E-state index contributed by atoms with van der Waals surface area (Å²) in [5.41, 5.74) is 2.50. The van der Waals surface area contributed by atoms with Gasteiger partial charge >= 0.3 is 0 Å². The molecule has 1 aromatic carbocycles. The molecule has 1 fully saturated rings. The molecular weight excluding hydrogens is 274 g/mol. The van der Waals surface area contributed by atoms with E-state index in [2.05, 4.69) is 14.5 Å². The molecule has 0 atom stereocenters. The molecule has 1 aliphatic rings. The summed E-state index contributed by atoms with van der Waals surface area (Å²) in [6.45, 7) is 0. The molecule has 0 radical (unpaired) electrons. The van der Waals surface area contributed by atoms with Gasteiger partial charge in [0.1, 0.15) is 11.6 Å². The lowest BCUT2D eigenvalue weighted by atomic mass is 10.2. The lowest BCUT2D eigenvalue weighted by Crippen LogP contribution is -1.98. The molecule has 5 heteroatoms. The average molecular weight is 286 g/mol. The van der Waals surface area contributed by atoms with Crippen molar-refractivity contribution in [2.45, 2.75) is 18.9 Å². The van der Waals surface area contributed by atoms with Crippen molar-refractivity contribution in [2.24, 2.45) is 0 Å². The van der Waals surface area contributed by atoms with Crippen molar-refractivity contribution >= 4 is 22.6 Å². The third-order valence-corrected chi connectivity index (χ3v) is 3.92. The number of hydrogen-bond acceptors (Lipinski definition) is 3. The summed E-state index contributed by atoms with van der Waals surface area (Å²) in [5.74, 6) is 0.899. The molecule has 20 heavy (non-hydrogen) atoms. The van der Waals surface area contributed by atoms with Crippen LogP contribution in [-0.2, 0) is 0 Å². The van der Waals surface area contributed by atoms with E-state index in [9.17, 15) is 5.11 Å². The van der Waals surface area contributed by atoms with Crippen LogP contribution >= 0.6 is 11.6 Å². The van der Waals surface area contributed by atoms with Gasteiger partial charge in [0, 0.05) is 12.2 Å². The Balaban J connectivity index is 2.07. The number of imidazole rings is 1. The second-order valence-corrected chi connectivity index (χ2v) is 5.44. The molecule has 1 saturated carbocycles. The fraction of sp³-hybridized carbons (Fsp3) is 0.200. The van der Waals surface area contributed by atoms with E-state index in [4.69, 9.17) is 11.6 Å². The number of fused-ring (bicyclic) bond motifs is 1. The Kier molecular flexibility index (Phi) is 2.47. The van der Waals surface area contributed by atoms with Gasteiger partial charge in [-0.3, -0.25) is 4.98 Å². The molecule has 0 saturated heterocycles. The highest BCUT2D eigenvalue weighted by atomic mass is 35.5. The highest BCUT2D eigenvalue weighted by Crippen LogP contribution is 2.43. The Morgan fingerprint density at radius 3 is 2.85 bits per heavy atom. The normalized spacial score (nSPS) is 14.8. The molecule has 0 amide bonds. The Labute approximate surface area is 120 Å². The molecule has 1 N–H and O–H groups in total. The number of aromatic nitrogens is 3. The number of rotatable bonds is 2. The second-order valence-electron chi connectivity index (χ2n) is 5.04. The van der Waals surface area contributed by atoms with Gasteiger partial charge in [-0.25, -0.2) is 4.98 Å². The largest absolute Gasteiger partial charge is 0.506 e. The molecule has 0 unspecified atom stereocenters. The first-order valence-electron chi connectivity index (χ1n) is 6.55. The lowest BCUT2D eigenvalue weighted by Gasteiger charge is -2.09. The first kappa shape index (κ1) is 11.7. The van der Waals surface area contributed by atoms with Crippen molar-refractivity contribution in [3.63, 3.8) is 0 Å². The van der Waals surface area contributed by atoms with Gasteiger partial charge in [-0.15, -0.1) is 0 Å². The van der Waals surface area contributed by atoms with Crippen molar-refractivity contribution in [1.29, 1.82) is 0 Å². The van der Waals surface area contributed by atoms with E-state index >= 15 is 0 Å². The lowest BCUT2D eigenvalue weighted by molar-refractivity contribution is 0.474. The molecule has 3 aromatic rings. The van der Waals surface area contributed by atoms with Gasteiger partial charge in [-0.1, -0.05) is 17.7 Å². The van der Waals surface area contributed by atoms with Crippen LogP contribution < -0.4 is 0 Å². The SMILES string of the molecule is Oc1cnccc1-c1nc2cccc(Cl)c2n1C1CC1. The monoisotopic (exact) mass is 285 g/mol. The molecule has 0 bridgehead atoms. The highest BCUT2D eigenvalue weighted by Gasteiger charge is 2.30. The van der Waals surface area contributed by atoms with Crippen LogP contribution in [0.5, 0.6) is 5.75 Å². The van der Waals surface area contributed by atoms with Crippen molar-refractivity contribution in [3.05, 3.63) is 41.7 Å². The van der Waals surface area contributed by atoms with E-state index in [0.29, 0.717) is 16.6 Å². The Hall–Kier alpha value is -2.07. The first-order valence-corrected chi connectivity index (χ1v) is 6.93. The standard InChI is InChI=1S/C15H12ClN3O/c16-11-2-1-3-12-14(11)19(9-4-5-9)15(18-12)10-6-7-17-8-13(10)20/h1-3,6-9,20H,4-5H2. The van der Waals surface area contributed by atoms with E-state index in [-0.39, 0.29) is 5.75 Å². The fourth-order valence-corrected chi connectivity index (χ4v) is 2.82. The van der Waals surface area contributed by atoms with Gasteiger partial charge in [0.25, 0.3) is 0 Å². The summed E-state index contributed by atoms with van der Waals surface area (Å²) in [7, 11) is 0. The van der Waals surface area contributed by atoms with Crippen molar-refractivity contribution in [3.8, 4) is 17.1 Å². The zero-order valence-corrected chi connectivity index (χ0v) is 11.4. The number of hydrogen-bond donors (Lipinski definition) is 1. The van der Waals surface area contributed by atoms with Crippen LogP contribution in [-0.4, -0.2) is 19.6 Å². The van der Waals surface area contributed by atoms with Crippen molar-refractivity contribution in [1.82, 2.24) is 14.5 Å². The van der Waals surface area contributed by atoms with E-state index < -0.39 is 0 Å². The molecule has 0 spiro atoms. The van der Waals surface area contributed by atoms with Gasteiger partial charge in [0.15, 0.2) is 0 Å². The van der Waals surface area contributed by atoms with E-state index in [1.807, 2.05) is 18.2 Å². The average Bonchev–Trinajstić information content (AvgIpc) is 3.20. The minimum Gasteiger partial charge on any atom is -0.506 e. The predicted molar refractivity (Wildman–Crippen MR) is 77.9 cm³/mol. The van der Waals surface area contributed by atoms with Gasteiger partial charge in [0.05, 0.1) is 27.8 Å². The third-order valence-electron chi connectivity index (χ3n) is 3.61. The summed E-state index contributed by atoms with van der Waals surface area (Å²) in [6, 6.07) is 7.92. The summed E-state index contributed by atoms with van der Waals surface area (Å²) < 4.78 is 2.15. The van der Waals surface area contributed by atoms with E-state index in [1.54, 1.807) is 12.3 Å². The molecule has 1 aliphatic carbocycles. The van der Waals surface area contributed by atoms with Gasteiger partial charge in [-0.05, 0) is 31.0 Å². The molecular formula is C15H12ClN3O. The molecule has 4 rings (SSSR count). The summed E-state index contributed by atoms with van der Waals surface area (Å²) in [4.78, 5) is 8.58. The molecule has 4 nitrogen and oxygen atoms in total. The zero-order valence-electron chi connectivity index (χ0n) is 10.6. The maximum absolute atomic E-state index is 10.0. The Morgan fingerprint density at radius 2 is 2.10 bits per heavy atom. The highest BCUT2D eigenvalue weighted by molar-refractivity contribution is 6.35. The van der Waals surface area contributed by atoms with Crippen LogP contribution in [0.2, 0.25) is 5.02 Å². The molecule has 0 aliphatic heterocycles. The van der Waals surface area contributed by atoms with Crippen LogP contribution in [0.3, 0.4) is 0 Å². The molecule has 2 heterocycles. The van der Waals surface area contributed by atoms with Crippen LogP contribution in [0.1, 0.15) is 18.9 Å². The maximum Gasteiger partial charge on any atom is 0.145 e. The zero-order chi connectivity index (χ0) is 13.7. The third kappa shape index (κ3) is 1.68. The second kappa shape index (κ2) is 4.21. The fourth-order valence-electron chi connectivity index (χ4n) is 2.56. The number of benzene rings is 1. The van der Waals surface area contributed by atoms with Gasteiger partial charge in [-0.2, -0.15) is 0 Å². The minimum absolute atomic E-state index is 0.140. The number of halogens is 1. The Bertz CT molecular complexity index is 808. The topological polar surface area (TPSA) is 50.9 Å². The number of nitrogens with zero attached hydrogens (tertiary/aromatic N) is 3. The quantitative estimate of drug-likeness (QED) is 0.779. The number of para-hydroxylation sites is 1.